The molecule has 0 aromatic heterocycles. The van der Waals surface area contributed by atoms with Crippen LogP contribution in [0.2, 0.25) is 5.02 Å². The number of nitrogen functional groups attached to an aromatic ring is 1. The fraction of sp³-hybridized carbons (Fsp3) is 0.455. The molecule has 0 radical (unpaired) electrons. The summed E-state index contributed by atoms with van der Waals surface area (Å²) in [6.07, 6.45) is 2.49. The van der Waals surface area contributed by atoms with E-state index in [1.165, 1.54) is 18.4 Å². The molecule has 1 aromatic rings. The summed E-state index contributed by atoms with van der Waals surface area (Å²) in [6.45, 7) is 2.20. The average Bonchev–Trinajstić information content (AvgIpc) is 2.23. The minimum atomic E-state index is 0.600. The number of benzene rings is 1. The Morgan fingerprint density at radius 3 is 2.93 bits per heavy atom. The number of nitrogens with two attached hydrogens (primary N) is 1. The third-order valence-electron chi connectivity index (χ3n) is 2.79. The van der Waals surface area contributed by atoms with Crippen LogP contribution < -0.4 is 11.1 Å². The lowest BCUT2D eigenvalue weighted by atomic mass is 9.91. The fourth-order valence-electron chi connectivity index (χ4n) is 1.95. The Morgan fingerprint density at radius 2 is 2.29 bits per heavy atom. The van der Waals surface area contributed by atoms with Crippen LogP contribution in [0.25, 0.3) is 0 Å². The zero-order chi connectivity index (χ0) is 9.97. The molecule has 3 N–H and O–H groups in total. The minimum absolute atomic E-state index is 0.600. The second-order valence-electron chi connectivity index (χ2n) is 3.82. The number of piperidine rings is 1. The molecule has 0 amide bonds. The molecule has 1 heterocycles. The lowest BCUT2D eigenvalue weighted by Gasteiger charge is -2.23. The molecule has 0 bridgehead atoms. The summed E-state index contributed by atoms with van der Waals surface area (Å²) in [5, 5.41) is 4.04. The van der Waals surface area contributed by atoms with Gasteiger partial charge in [0.15, 0.2) is 0 Å². The van der Waals surface area contributed by atoms with Gasteiger partial charge in [-0.1, -0.05) is 17.7 Å². The van der Waals surface area contributed by atoms with Crippen molar-refractivity contribution in [3.05, 3.63) is 28.8 Å². The maximum atomic E-state index is 5.88. The number of anilines is 1. The van der Waals surface area contributed by atoms with E-state index in [9.17, 15) is 0 Å². The molecule has 1 atom stereocenters. The highest BCUT2D eigenvalue weighted by Crippen LogP contribution is 2.27. The first kappa shape index (κ1) is 9.81. The molecule has 1 saturated heterocycles. The van der Waals surface area contributed by atoms with Crippen molar-refractivity contribution < 1.29 is 0 Å². The highest BCUT2D eigenvalue weighted by Gasteiger charge is 2.15. The number of nitrogens with one attached hydrogen (secondary N) is 1. The van der Waals surface area contributed by atoms with Crippen LogP contribution in [0, 0.1) is 0 Å². The van der Waals surface area contributed by atoms with E-state index in [-0.39, 0.29) is 0 Å². The zero-order valence-electron chi connectivity index (χ0n) is 8.09. The van der Waals surface area contributed by atoms with Crippen molar-refractivity contribution in [2.75, 3.05) is 18.8 Å². The Bertz CT molecular complexity index is 319. The van der Waals surface area contributed by atoms with E-state index in [1.807, 2.05) is 12.1 Å². The summed E-state index contributed by atoms with van der Waals surface area (Å²) in [5.74, 6) is 0.600. The lowest BCUT2D eigenvalue weighted by Crippen LogP contribution is -2.28. The predicted octanol–water partition coefficient (Wildman–Crippen LogP) is 2.39. The van der Waals surface area contributed by atoms with E-state index in [0.717, 1.165) is 13.1 Å². The summed E-state index contributed by atoms with van der Waals surface area (Å²) in [6, 6.07) is 5.97. The predicted molar refractivity (Wildman–Crippen MR) is 60.7 cm³/mol. The molecule has 1 fully saturated rings. The van der Waals surface area contributed by atoms with Gasteiger partial charge < -0.3 is 11.1 Å². The van der Waals surface area contributed by atoms with Crippen molar-refractivity contribution in [1.82, 2.24) is 5.32 Å². The van der Waals surface area contributed by atoms with Gasteiger partial charge in [-0.05, 0) is 43.0 Å². The van der Waals surface area contributed by atoms with E-state index in [0.29, 0.717) is 16.6 Å². The monoisotopic (exact) mass is 210 g/mol. The summed E-state index contributed by atoms with van der Waals surface area (Å²) in [7, 11) is 0. The largest absolute Gasteiger partial charge is 0.398 e. The van der Waals surface area contributed by atoms with Crippen LogP contribution in [0.3, 0.4) is 0 Å². The Balaban J connectivity index is 2.18. The van der Waals surface area contributed by atoms with E-state index in [4.69, 9.17) is 17.3 Å². The van der Waals surface area contributed by atoms with Gasteiger partial charge in [0.05, 0.1) is 10.7 Å². The van der Waals surface area contributed by atoms with Gasteiger partial charge >= 0.3 is 0 Å². The van der Waals surface area contributed by atoms with Crippen LogP contribution in [-0.4, -0.2) is 13.1 Å². The first-order chi connectivity index (χ1) is 6.77. The highest BCUT2D eigenvalue weighted by atomic mass is 35.5. The van der Waals surface area contributed by atoms with Gasteiger partial charge in [-0.2, -0.15) is 0 Å². The van der Waals surface area contributed by atoms with Gasteiger partial charge in [0.2, 0.25) is 0 Å². The molecule has 2 nitrogen and oxygen atoms in total. The maximum Gasteiger partial charge on any atom is 0.0635 e. The van der Waals surface area contributed by atoms with Crippen LogP contribution in [0.1, 0.15) is 24.3 Å². The molecular weight excluding hydrogens is 196 g/mol. The molecule has 0 spiro atoms. The lowest BCUT2D eigenvalue weighted by molar-refractivity contribution is 0.462. The van der Waals surface area contributed by atoms with Crippen LogP contribution in [0.5, 0.6) is 0 Å². The summed E-state index contributed by atoms with van der Waals surface area (Å²) in [5.41, 5.74) is 7.77. The normalized spacial score (nSPS) is 22.2. The Hall–Kier alpha value is -0.730. The topological polar surface area (TPSA) is 38.0 Å². The van der Waals surface area contributed by atoms with Gasteiger partial charge in [-0.3, -0.25) is 0 Å². The molecule has 1 aliphatic rings. The Morgan fingerprint density at radius 1 is 1.43 bits per heavy atom. The Labute approximate surface area is 89.4 Å². The molecule has 0 unspecified atom stereocenters. The van der Waals surface area contributed by atoms with Gasteiger partial charge in [-0.25, -0.2) is 0 Å². The van der Waals surface area contributed by atoms with Gasteiger partial charge in [0.1, 0.15) is 0 Å². The number of hydrogen-bond donors (Lipinski definition) is 2. The van der Waals surface area contributed by atoms with Crippen molar-refractivity contribution in [2.24, 2.45) is 0 Å². The molecular formula is C11H15ClN2. The van der Waals surface area contributed by atoms with E-state index < -0.39 is 0 Å². The van der Waals surface area contributed by atoms with Crippen molar-refractivity contribution >= 4 is 17.3 Å². The maximum absolute atomic E-state index is 5.88. The van der Waals surface area contributed by atoms with E-state index >= 15 is 0 Å². The molecule has 3 heteroatoms. The second-order valence-corrected chi connectivity index (χ2v) is 4.23. The van der Waals surface area contributed by atoms with Gasteiger partial charge in [-0.15, -0.1) is 0 Å². The molecule has 1 aromatic carbocycles. The van der Waals surface area contributed by atoms with Crippen LogP contribution >= 0.6 is 11.6 Å². The zero-order valence-corrected chi connectivity index (χ0v) is 8.85. The number of rotatable bonds is 1. The molecule has 76 valence electrons. The third-order valence-corrected chi connectivity index (χ3v) is 3.13. The van der Waals surface area contributed by atoms with Crippen molar-refractivity contribution in [2.45, 2.75) is 18.8 Å². The molecule has 2 rings (SSSR count). The smallest absolute Gasteiger partial charge is 0.0635 e. The summed E-state index contributed by atoms with van der Waals surface area (Å²) >= 11 is 5.88. The second kappa shape index (κ2) is 4.20. The number of halogens is 1. The minimum Gasteiger partial charge on any atom is -0.398 e. The van der Waals surface area contributed by atoms with Crippen LogP contribution in [0.15, 0.2) is 18.2 Å². The van der Waals surface area contributed by atoms with Crippen LogP contribution in [0.4, 0.5) is 5.69 Å². The molecule has 0 saturated carbocycles. The molecule has 14 heavy (non-hydrogen) atoms. The standard InChI is InChI=1S/C11H15ClN2/c12-10-4-3-8(6-11(10)13)9-2-1-5-14-7-9/h3-4,6,9,14H,1-2,5,7,13H2/t9-/m1/s1. The van der Waals surface area contributed by atoms with E-state index in [1.54, 1.807) is 0 Å². The Kier molecular flexibility index (Phi) is 2.94. The average molecular weight is 211 g/mol. The summed E-state index contributed by atoms with van der Waals surface area (Å²) in [4.78, 5) is 0. The van der Waals surface area contributed by atoms with Crippen LogP contribution in [-0.2, 0) is 0 Å². The number of hydrogen-bond acceptors (Lipinski definition) is 2. The van der Waals surface area contributed by atoms with Crippen molar-refractivity contribution in [3.63, 3.8) is 0 Å². The fourth-order valence-corrected chi connectivity index (χ4v) is 2.07. The van der Waals surface area contributed by atoms with Gasteiger partial charge in [0.25, 0.3) is 0 Å². The highest BCUT2D eigenvalue weighted by molar-refractivity contribution is 6.33. The third kappa shape index (κ3) is 2.02. The SMILES string of the molecule is Nc1cc([C@@H]2CCCNC2)ccc1Cl. The first-order valence-corrected chi connectivity index (χ1v) is 5.41. The quantitative estimate of drug-likeness (QED) is 0.699. The molecule has 0 aliphatic carbocycles. The first-order valence-electron chi connectivity index (χ1n) is 5.03. The van der Waals surface area contributed by atoms with E-state index in [2.05, 4.69) is 11.4 Å². The van der Waals surface area contributed by atoms with Gasteiger partial charge in [0, 0.05) is 6.54 Å². The van der Waals surface area contributed by atoms with Crippen molar-refractivity contribution in [1.29, 1.82) is 0 Å². The molecule has 1 aliphatic heterocycles. The summed E-state index contributed by atoms with van der Waals surface area (Å²) < 4.78 is 0. The van der Waals surface area contributed by atoms with Crippen molar-refractivity contribution in [3.8, 4) is 0 Å².